The molecule has 0 amide bonds. The number of carboxylic acids is 1. The lowest BCUT2D eigenvalue weighted by Gasteiger charge is -2.08. The van der Waals surface area contributed by atoms with Crippen LogP contribution in [0.1, 0.15) is 84.5 Å². The molecule has 0 unspecified atom stereocenters. The van der Waals surface area contributed by atoms with Crippen LogP contribution >= 0.6 is 0 Å². The lowest BCUT2D eigenvalue weighted by molar-refractivity contribution is -0.312. The van der Waals surface area contributed by atoms with E-state index in [0.29, 0.717) is 6.42 Å². The molecule has 0 aliphatic rings. The largest absolute Gasteiger partial charge is 0.481 e. The van der Waals surface area contributed by atoms with Crippen molar-refractivity contribution in [2.45, 2.75) is 90.4 Å². The van der Waals surface area contributed by atoms with Gasteiger partial charge in [-0.2, -0.15) is 0 Å². The summed E-state index contributed by atoms with van der Waals surface area (Å²) < 4.78 is 0. The third-order valence-electron chi connectivity index (χ3n) is 2.97. The second-order valence-corrected chi connectivity index (χ2v) is 5.10. The molecule has 20 heavy (non-hydrogen) atoms. The molecule has 0 aliphatic heterocycles. The number of unbranched alkanes of at least 4 members (excludes halogenated alkanes) is 8. The van der Waals surface area contributed by atoms with Crippen molar-refractivity contribution in [3.8, 4) is 0 Å². The highest BCUT2D eigenvalue weighted by Gasteiger charge is 2.11. The SMILES string of the molecule is CCC(O)(O)O.CCCCCCCCCCCC(=O)O. The molecule has 0 aromatic rings. The van der Waals surface area contributed by atoms with Crippen molar-refractivity contribution in [2.75, 3.05) is 0 Å². The lowest BCUT2D eigenvalue weighted by atomic mass is 10.1. The van der Waals surface area contributed by atoms with Crippen molar-refractivity contribution in [3.05, 3.63) is 0 Å². The van der Waals surface area contributed by atoms with Crippen molar-refractivity contribution >= 4 is 5.97 Å². The highest BCUT2D eigenvalue weighted by Crippen LogP contribution is 2.10. The highest BCUT2D eigenvalue weighted by atomic mass is 16.7. The van der Waals surface area contributed by atoms with Crippen molar-refractivity contribution in [1.29, 1.82) is 0 Å². The molecule has 5 heteroatoms. The molecule has 4 N–H and O–H groups in total. The van der Waals surface area contributed by atoms with Crippen LogP contribution < -0.4 is 0 Å². The fourth-order valence-electron chi connectivity index (χ4n) is 1.59. The van der Waals surface area contributed by atoms with Crippen LogP contribution in [0, 0.1) is 0 Å². The second-order valence-electron chi connectivity index (χ2n) is 5.10. The summed E-state index contributed by atoms with van der Waals surface area (Å²) in [5, 5.41) is 32.2. The van der Waals surface area contributed by atoms with E-state index in [1.807, 2.05) is 0 Å². The number of carboxylic acid groups (broad SMARTS) is 1. The van der Waals surface area contributed by atoms with Gasteiger partial charge in [0.25, 0.3) is 5.97 Å². The Balaban J connectivity index is 0. The zero-order chi connectivity index (χ0) is 15.9. The lowest BCUT2D eigenvalue weighted by Crippen LogP contribution is -2.24. The molecule has 0 aliphatic carbocycles. The Morgan fingerprint density at radius 3 is 1.45 bits per heavy atom. The van der Waals surface area contributed by atoms with Crippen LogP contribution in [0.25, 0.3) is 0 Å². The molecule has 5 nitrogen and oxygen atoms in total. The standard InChI is InChI=1S/C12H24O2.C3H8O3/c1-2-3-4-5-6-7-8-9-10-11-12(13)14;1-2-3(4,5)6/h2-11H2,1H3,(H,13,14);4-6H,2H2,1H3. The monoisotopic (exact) mass is 292 g/mol. The third kappa shape index (κ3) is 26.0. The van der Waals surface area contributed by atoms with E-state index < -0.39 is 11.9 Å². The first-order valence-corrected chi connectivity index (χ1v) is 7.72. The number of hydrogen-bond acceptors (Lipinski definition) is 4. The summed E-state index contributed by atoms with van der Waals surface area (Å²) in [6.07, 6.45) is 11.4. The summed E-state index contributed by atoms with van der Waals surface area (Å²) in [7, 11) is 0. The quantitative estimate of drug-likeness (QED) is 0.346. The molecule has 0 rings (SSSR count). The van der Waals surface area contributed by atoms with Crippen LogP contribution in [0.3, 0.4) is 0 Å². The van der Waals surface area contributed by atoms with Crippen LogP contribution in [0.5, 0.6) is 0 Å². The van der Waals surface area contributed by atoms with Gasteiger partial charge < -0.3 is 20.4 Å². The predicted octanol–water partition coefficient (Wildman–Crippen LogP) is 3.02. The van der Waals surface area contributed by atoms with Crippen molar-refractivity contribution in [3.63, 3.8) is 0 Å². The summed E-state index contributed by atoms with van der Waals surface area (Å²) in [5.41, 5.74) is 0. The average molecular weight is 292 g/mol. The summed E-state index contributed by atoms with van der Waals surface area (Å²) in [6, 6.07) is 0. The fraction of sp³-hybridized carbons (Fsp3) is 0.933. The molecule has 0 atom stereocenters. The maximum absolute atomic E-state index is 10.2. The first-order valence-electron chi connectivity index (χ1n) is 7.72. The molecular formula is C15H32O5. The molecule has 0 radical (unpaired) electrons. The maximum Gasteiger partial charge on any atom is 0.303 e. The van der Waals surface area contributed by atoms with Gasteiger partial charge in [0.15, 0.2) is 0 Å². The Labute approximate surface area is 122 Å². The molecule has 0 heterocycles. The van der Waals surface area contributed by atoms with E-state index in [4.69, 9.17) is 20.4 Å². The minimum atomic E-state index is -2.46. The first-order chi connectivity index (χ1) is 9.33. The van der Waals surface area contributed by atoms with Crippen LogP contribution in [0.2, 0.25) is 0 Å². The van der Waals surface area contributed by atoms with E-state index in [1.54, 1.807) is 0 Å². The summed E-state index contributed by atoms with van der Waals surface area (Å²) in [4.78, 5) is 10.2. The molecule has 122 valence electrons. The minimum absolute atomic E-state index is 0.0625. The highest BCUT2D eigenvalue weighted by molar-refractivity contribution is 5.66. The van der Waals surface area contributed by atoms with E-state index in [9.17, 15) is 4.79 Å². The van der Waals surface area contributed by atoms with E-state index in [1.165, 1.54) is 51.9 Å². The smallest absolute Gasteiger partial charge is 0.303 e. The topological polar surface area (TPSA) is 98.0 Å². The molecule has 0 aromatic carbocycles. The van der Waals surface area contributed by atoms with Crippen LogP contribution in [-0.4, -0.2) is 32.4 Å². The Hall–Kier alpha value is -0.650. The van der Waals surface area contributed by atoms with Gasteiger partial charge in [0, 0.05) is 12.8 Å². The molecule has 0 bridgehead atoms. The number of rotatable bonds is 11. The Morgan fingerprint density at radius 2 is 1.15 bits per heavy atom. The molecular weight excluding hydrogens is 260 g/mol. The first kappa shape index (κ1) is 21.6. The van der Waals surface area contributed by atoms with Gasteiger partial charge in [-0.3, -0.25) is 4.79 Å². The number of aliphatic carboxylic acids is 1. The third-order valence-corrected chi connectivity index (χ3v) is 2.97. The van der Waals surface area contributed by atoms with Gasteiger partial charge in [-0.05, 0) is 6.42 Å². The van der Waals surface area contributed by atoms with Crippen molar-refractivity contribution < 1.29 is 25.2 Å². The molecule has 0 aromatic heterocycles. The predicted molar refractivity (Wildman–Crippen MR) is 79.2 cm³/mol. The number of carbonyl (C=O) groups is 1. The normalized spacial score (nSPS) is 10.8. The summed E-state index contributed by atoms with van der Waals surface area (Å²) in [5.74, 6) is -3.12. The molecule has 0 saturated carbocycles. The Bertz CT molecular complexity index is 211. The Kier molecular flexibility index (Phi) is 16.0. The fourth-order valence-corrected chi connectivity index (χ4v) is 1.59. The molecule has 0 spiro atoms. The summed E-state index contributed by atoms with van der Waals surface area (Å²) >= 11 is 0. The maximum atomic E-state index is 10.2. The van der Waals surface area contributed by atoms with Crippen LogP contribution in [0.15, 0.2) is 0 Å². The van der Waals surface area contributed by atoms with Gasteiger partial charge >= 0.3 is 5.97 Å². The van der Waals surface area contributed by atoms with E-state index in [-0.39, 0.29) is 6.42 Å². The van der Waals surface area contributed by atoms with Crippen LogP contribution in [-0.2, 0) is 4.79 Å². The van der Waals surface area contributed by atoms with E-state index in [0.717, 1.165) is 12.8 Å². The average Bonchev–Trinajstić information content (AvgIpc) is 2.36. The van der Waals surface area contributed by atoms with Crippen LogP contribution in [0.4, 0.5) is 0 Å². The van der Waals surface area contributed by atoms with Gasteiger partial charge in [0.2, 0.25) is 0 Å². The Morgan fingerprint density at radius 1 is 0.800 bits per heavy atom. The van der Waals surface area contributed by atoms with Crippen molar-refractivity contribution in [1.82, 2.24) is 0 Å². The number of aliphatic hydroxyl groups is 3. The van der Waals surface area contributed by atoms with Gasteiger partial charge in [0.1, 0.15) is 0 Å². The van der Waals surface area contributed by atoms with Gasteiger partial charge in [0.05, 0.1) is 0 Å². The van der Waals surface area contributed by atoms with Gasteiger partial charge in [-0.25, -0.2) is 0 Å². The molecule has 0 fully saturated rings. The van der Waals surface area contributed by atoms with E-state index in [2.05, 4.69) is 6.92 Å². The summed E-state index contributed by atoms with van der Waals surface area (Å²) in [6.45, 7) is 3.69. The van der Waals surface area contributed by atoms with Gasteiger partial charge in [-0.15, -0.1) is 0 Å². The van der Waals surface area contributed by atoms with Crippen molar-refractivity contribution in [2.24, 2.45) is 0 Å². The zero-order valence-electron chi connectivity index (χ0n) is 13.0. The van der Waals surface area contributed by atoms with E-state index >= 15 is 0 Å². The molecule has 0 saturated heterocycles. The zero-order valence-corrected chi connectivity index (χ0v) is 13.0. The number of hydrogen-bond donors (Lipinski definition) is 4. The van der Waals surface area contributed by atoms with Gasteiger partial charge in [-0.1, -0.05) is 65.2 Å². The minimum Gasteiger partial charge on any atom is -0.481 e. The second kappa shape index (κ2) is 14.8.